The molecule has 5 nitrogen and oxygen atoms in total. The number of amides is 1. The van der Waals surface area contributed by atoms with Crippen molar-refractivity contribution in [1.29, 1.82) is 0 Å². The van der Waals surface area contributed by atoms with Gasteiger partial charge in [0.05, 0.1) is 12.1 Å². The van der Waals surface area contributed by atoms with E-state index in [1.54, 1.807) is 11.0 Å². The molecule has 1 aliphatic carbocycles. The van der Waals surface area contributed by atoms with Crippen LogP contribution in [0.5, 0.6) is 0 Å². The number of anilines is 2. The third-order valence-electron chi connectivity index (χ3n) is 5.16. The van der Waals surface area contributed by atoms with E-state index in [9.17, 15) is 18.0 Å². The third-order valence-corrected chi connectivity index (χ3v) is 5.16. The molecule has 1 saturated carbocycles. The Morgan fingerprint density at radius 2 is 2.11 bits per heavy atom. The van der Waals surface area contributed by atoms with Gasteiger partial charge in [-0.25, -0.2) is 0 Å². The minimum Gasteiger partial charge on any atom is -0.338 e. The van der Waals surface area contributed by atoms with Gasteiger partial charge in [-0.05, 0) is 37.0 Å². The molecular weight excluding hydrogens is 357 g/mol. The predicted molar refractivity (Wildman–Crippen MR) is 94.5 cm³/mol. The summed E-state index contributed by atoms with van der Waals surface area (Å²) < 4.78 is 40.9. The fraction of sp³-hybridized carbons (Fsp3) is 0.474. The molecule has 0 radical (unpaired) electrons. The SMILES string of the molecule is CC(=O)N1CCc2c(c(Nc3cccc(C(F)(F)F)c3)nn2CC2CC2)C1. The Morgan fingerprint density at radius 1 is 1.33 bits per heavy atom. The maximum absolute atomic E-state index is 13.0. The number of carbonyl (C=O) groups is 1. The van der Waals surface area contributed by atoms with Crippen molar-refractivity contribution in [2.75, 3.05) is 11.9 Å². The van der Waals surface area contributed by atoms with Crippen LogP contribution in [-0.4, -0.2) is 27.1 Å². The monoisotopic (exact) mass is 378 g/mol. The van der Waals surface area contributed by atoms with Gasteiger partial charge in [0.15, 0.2) is 5.82 Å². The first kappa shape index (κ1) is 17.9. The number of nitrogens with zero attached hydrogens (tertiary/aromatic N) is 3. The van der Waals surface area contributed by atoms with Gasteiger partial charge < -0.3 is 10.2 Å². The van der Waals surface area contributed by atoms with Crippen LogP contribution in [0.2, 0.25) is 0 Å². The van der Waals surface area contributed by atoms with E-state index in [1.807, 2.05) is 4.68 Å². The summed E-state index contributed by atoms with van der Waals surface area (Å²) in [4.78, 5) is 13.5. The second-order valence-electron chi connectivity index (χ2n) is 7.29. The third kappa shape index (κ3) is 3.79. The topological polar surface area (TPSA) is 50.2 Å². The Hall–Kier alpha value is -2.51. The van der Waals surface area contributed by atoms with Crippen molar-refractivity contribution >= 4 is 17.4 Å². The van der Waals surface area contributed by atoms with E-state index < -0.39 is 11.7 Å². The normalized spacial score (nSPS) is 17.0. The van der Waals surface area contributed by atoms with Crippen LogP contribution in [0.3, 0.4) is 0 Å². The van der Waals surface area contributed by atoms with E-state index in [2.05, 4.69) is 10.4 Å². The van der Waals surface area contributed by atoms with Crippen molar-refractivity contribution < 1.29 is 18.0 Å². The minimum atomic E-state index is -4.39. The minimum absolute atomic E-state index is 0.0133. The van der Waals surface area contributed by atoms with Crippen LogP contribution in [0, 0.1) is 5.92 Å². The number of hydrogen-bond donors (Lipinski definition) is 1. The van der Waals surface area contributed by atoms with E-state index >= 15 is 0 Å². The van der Waals surface area contributed by atoms with Crippen LogP contribution in [0.1, 0.15) is 36.6 Å². The Labute approximate surface area is 155 Å². The zero-order valence-electron chi connectivity index (χ0n) is 15.0. The van der Waals surface area contributed by atoms with Gasteiger partial charge in [-0.1, -0.05) is 6.07 Å². The number of benzene rings is 1. The number of alkyl halides is 3. The summed E-state index contributed by atoms with van der Waals surface area (Å²) in [7, 11) is 0. The molecule has 8 heteroatoms. The summed E-state index contributed by atoms with van der Waals surface area (Å²) >= 11 is 0. The van der Waals surface area contributed by atoms with E-state index in [4.69, 9.17) is 0 Å². The molecule has 4 rings (SSSR count). The number of aromatic nitrogens is 2. The molecule has 1 aromatic carbocycles. The first-order chi connectivity index (χ1) is 12.8. The lowest BCUT2D eigenvalue weighted by molar-refractivity contribution is -0.137. The van der Waals surface area contributed by atoms with Gasteiger partial charge >= 0.3 is 6.18 Å². The van der Waals surface area contributed by atoms with Gasteiger partial charge in [-0.15, -0.1) is 0 Å². The highest BCUT2D eigenvalue weighted by Crippen LogP contribution is 2.35. The molecule has 1 aromatic heterocycles. The number of carbonyl (C=O) groups excluding carboxylic acids is 1. The summed E-state index contributed by atoms with van der Waals surface area (Å²) in [6.07, 6.45) is -1.32. The molecule has 0 atom stereocenters. The van der Waals surface area contributed by atoms with E-state index in [0.717, 1.165) is 29.9 Å². The molecule has 0 spiro atoms. The predicted octanol–water partition coefficient (Wildman–Crippen LogP) is 3.96. The largest absolute Gasteiger partial charge is 0.416 e. The van der Waals surface area contributed by atoms with Crippen LogP contribution >= 0.6 is 0 Å². The van der Waals surface area contributed by atoms with Crippen molar-refractivity contribution in [1.82, 2.24) is 14.7 Å². The highest BCUT2D eigenvalue weighted by atomic mass is 19.4. The molecule has 2 aromatic rings. The van der Waals surface area contributed by atoms with Crippen molar-refractivity contribution in [3.8, 4) is 0 Å². The zero-order chi connectivity index (χ0) is 19.2. The molecule has 1 amide bonds. The second-order valence-corrected chi connectivity index (χ2v) is 7.29. The van der Waals surface area contributed by atoms with Gasteiger partial charge in [0.25, 0.3) is 0 Å². The Bertz CT molecular complexity index is 870. The van der Waals surface area contributed by atoms with Gasteiger partial charge in [-0.3, -0.25) is 9.48 Å². The van der Waals surface area contributed by atoms with E-state index in [1.165, 1.54) is 25.8 Å². The first-order valence-electron chi connectivity index (χ1n) is 9.09. The maximum atomic E-state index is 13.0. The summed E-state index contributed by atoms with van der Waals surface area (Å²) in [6, 6.07) is 5.09. The molecule has 2 heterocycles. The highest BCUT2D eigenvalue weighted by Gasteiger charge is 2.32. The summed E-state index contributed by atoms with van der Waals surface area (Å²) in [5.74, 6) is 1.15. The molecule has 144 valence electrons. The molecule has 1 N–H and O–H groups in total. The zero-order valence-corrected chi connectivity index (χ0v) is 15.0. The van der Waals surface area contributed by atoms with Crippen molar-refractivity contribution in [2.45, 2.75) is 45.5 Å². The van der Waals surface area contributed by atoms with Crippen LogP contribution in [0.15, 0.2) is 24.3 Å². The van der Waals surface area contributed by atoms with E-state index in [0.29, 0.717) is 36.9 Å². The second kappa shape index (κ2) is 6.58. The fourth-order valence-electron chi connectivity index (χ4n) is 3.47. The molecule has 27 heavy (non-hydrogen) atoms. The van der Waals surface area contributed by atoms with Crippen molar-refractivity contribution in [2.24, 2.45) is 5.92 Å². The van der Waals surface area contributed by atoms with Crippen LogP contribution in [0.25, 0.3) is 0 Å². The summed E-state index contributed by atoms with van der Waals surface area (Å²) in [6.45, 7) is 3.42. The van der Waals surface area contributed by atoms with Gasteiger partial charge in [0.1, 0.15) is 0 Å². The lowest BCUT2D eigenvalue weighted by Crippen LogP contribution is -2.34. The molecule has 0 bridgehead atoms. The first-order valence-corrected chi connectivity index (χ1v) is 9.09. The Balaban J connectivity index is 1.66. The van der Waals surface area contributed by atoms with Gasteiger partial charge in [0, 0.05) is 43.4 Å². The van der Waals surface area contributed by atoms with Gasteiger partial charge in [-0.2, -0.15) is 18.3 Å². The number of hydrogen-bond acceptors (Lipinski definition) is 3. The van der Waals surface area contributed by atoms with Gasteiger partial charge in [0.2, 0.25) is 5.91 Å². The number of halogens is 3. The smallest absolute Gasteiger partial charge is 0.338 e. The lowest BCUT2D eigenvalue weighted by atomic mass is 10.1. The van der Waals surface area contributed by atoms with E-state index in [-0.39, 0.29) is 5.91 Å². The Morgan fingerprint density at radius 3 is 2.78 bits per heavy atom. The molecular formula is C19H21F3N4O. The summed E-state index contributed by atoms with van der Waals surface area (Å²) in [5.41, 5.74) is 1.61. The maximum Gasteiger partial charge on any atom is 0.416 e. The van der Waals surface area contributed by atoms with Crippen molar-refractivity contribution in [3.63, 3.8) is 0 Å². The van der Waals surface area contributed by atoms with Crippen molar-refractivity contribution in [3.05, 3.63) is 41.1 Å². The standard InChI is InChI=1S/C19H21F3N4O/c1-12(27)25-8-7-17-16(11-25)18(24-26(17)10-13-5-6-13)23-15-4-2-3-14(9-15)19(20,21)22/h2-4,9,13H,5-8,10-11H2,1H3,(H,23,24). The average Bonchev–Trinajstić information content (AvgIpc) is 3.37. The molecule has 0 saturated heterocycles. The molecule has 0 unspecified atom stereocenters. The lowest BCUT2D eigenvalue weighted by Gasteiger charge is -2.26. The fourth-order valence-corrected chi connectivity index (χ4v) is 3.47. The van der Waals surface area contributed by atoms with Crippen LogP contribution in [-0.2, 0) is 30.5 Å². The average molecular weight is 378 g/mol. The molecule has 1 aliphatic heterocycles. The van der Waals surface area contributed by atoms with Crippen LogP contribution < -0.4 is 5.32 Å². The number of fused-ring (bicyclic) bond motifs is 1. The quantitative estimate of drug-likeness (QED) is 0.876. The highest BCUT2D eigenvalue weighted by molar-refractivity contribution is 5.74. The number of rotatable bonds is 4. The summed E-state index contributed by atoms with van der Waals surface area (Å²) in [5, 5.41) is 7.69. The number of nitrogens with one attached hydrogen (secondary N) is 1. The molecule has 1 fully saturated rings. The molecule has 2 aliphatic rings. The van der Waals surface area contributed by atoms with Crippen LogP contribution in [0.4, 0.5) is 24.7 Å². The Kier molecular flexibility index (Phi) is 4.36.